The zero-order chi connectivity index (χ0) is 14.0. The minimum absolute atomic E-state index is 0.100. The molecule has 0 bridgehead atoms. The van der Waals surface area contributed by atoms with E-state index in [1.165, 1.54) is 0 Å². The van der Waals surface area contributed by atoms with Gasteiger partial charge in [-0.3, -0.25) is 9.52 Å². The molecule has 2 aromatic rings. The van der Waals surface area contributed by atoms with Gasteiger partial charge in [0.2, 0.25) is 0 Å². The van der Waals surface area contributed by atoms with Crippen LogP contribution in [-0.2, 0) is 10.0 Å². The van der Waals surface area contributed by atoms with Gasteiger partial charge in [0.05, 0.1) is 5.69 Å². The fourth-order valence-electron chi connectivity index (χ4n) is 1.34. The second kappa shape index (κ2) is 5.51. The highest BCUT2D eigenvalue weighted by Crippen LogP contribution is 2.21. The summed E-state index contributed by atoms with van der Waals surface area (Å²) in [6.45, 7) is 0. The summed E-state index contributed by atoms with van der Waals surface area (Å²) >= 11 is 7.64. The van der Waals surface area contributed by atoms with Crippen molar-refractivity contribution < 1.29 is 8.42 Å². The molecule has 2 rings (SSSR count). The Morgan fingerprint density at radius 2 is 1.95 bits per heavy atom. The second-order valence-electron chi connectivity index (χ2n) is 3.60. The minimum atomic E-state index is -3.78. The summed E-state index contributed by atoms with van der Waals surface area (Å²) in [5, 5.41) is -0.175. The van der Waals surface area contributed by atoms with Crippen LogP contribution in [0, 0.1) is 3.57 Å². The highest BCUT2D eigenvalue weighted by molar-refractivity contribution is 14.1. The van der Waals surface area contributed by atoms with Crippen LogP contribution in [0.25, 0.3) is 0 Å². The molecule has 0 aliphatic carbocycles. The minimum Gasteiger partial charge on any atom is -0.326 e. The predicted octanol–water partition coefficient (Wildman–Crippen LogP) is 2.43. The predicted molar refractivity (Wildman–Crippen MR) is 82.0 cm³/mol. The maximum absolute atomic E-state index is 12.1. The Morgan fingerprint density at radius 3 is 2.58 bits per heavy atom. The summed E-state index contributed by atoms with van der Waals surface area (Å²) in [5.41, 5.74) is -0.0691. The van der Waals surface area contributed by atoms with Crippen LogP contribution in [0.4, 0.5) is 5.69 Å². The number of sulfonamides is 1. The number of para-hydroxylation sites is 1. The number of hydrogen-bond donors (Lipinski definition) is 2. The Kier molecular flexibility index (Phi) is 4.16. The molecule has 0 spiro atoms. The van der Waals surface area contributed by atoms with E-state index in [9.17, 15) is 13.2 Å². The van der Waals surface area contributed by atoms with Crippen molar-refractivity contribution in [3.05, 3.63) is 55.5 Å². The zero-order valence-corrected chi connectivity index (χ0v) is 13.1. The number of aromatic amines is 1. The third kappa shape index (κ3) is 3.28. The number of H-pyrrole nitrogens is 1. The summed E-state index contributed by atoms with van der Waals surface area (Å²) in [4.78, 5) is 13.3. The Balaban J connectivity index is 2.41. The molecule has 0 fully saturated rings. The number of anilines is 1. The van der Waals surface area contributed by atoms with Crippen LogP contribution >= 0.6 is 34.2 Å². The molecule has 0 saturated carbocycles. The fraction of sp³-hybridized carbons (Fsp3) is 0. The number of benzene rings is 1. The average Bonchev–Trinajstić information content (AvgIpc) is 2.35. The first kappa shape index (κ1) is 14.4. The second-order valence-corrected chi connectivity index (χ2v) is 6.85. The Hall–Kier alpha value is -1.06. The van der Waals surface area contributed by atoms with Gasteiger partial charge in [0.1, 0.15) is 9.92 Å². The zero-order valence-electron chi connectivity index (χ0n) is 9.35. The Morgan fingerprint density at radius 1 is 1.26 bits per heavy atom. The molecule has 100 valence electrons. The van der Waals surface area contributed by atoms with Crippen molar-refractivity contribution in [2.24, 2.45) is 0 Å². The maximum atomic E-state index is 12.1. The molecule has 8 heteroatoms. The molecule has 2 N–H and O–H groups in total. The molecule has 0 aliphatic rings. The lowest BCUT2D eigenvalue weighted by Gasteiger charge is -2.09. The SMILES string of the molecule is O=c1[nH]cc(S(=O)(=O)Nc2ccccc2I)cc1Cl. The lowest BCUT2D eigenvalue weighted by atomic mass is 10.3. The van der Waals surface area contributed by atoms with E-state index in [0.29, 0.717) is 5.69 Å². The van der Waals surface area contributed by atoms with Crippen molar-refractivity contribution in [1.29, 1.82) is 0 Å². The van der Waals surface area contributed by atoms with Gasteiger partial charge in [0.15, 0.2) is 0 Å². The summed E-state index contributed by atoms with van der Waals surface area (Å²) in [5.74, 6) is 0. The third-order valence-corrected chi connectivity index (χ3v) is 4.83. The molecule has 1 aromatic heterocycles. The van der Waals surface area contributed by atoms with Crippen molar-refractivity contribution in [2.45, 2.75) is 4.90 Å². The third-order valence-electron chi connectivity index (χ3n) is 2.26. The standard InChI is InChI=1S/C11H8ClIN2O3S/c12-8-5-7(6-14-11(8)16)19(17,18)15-10-4-2-1-3-9(10)13/h1-6,15H,(H,14,16). The molecule has 0 saturated heterocycles. The first-order valence-corrected chi connectivity index (χ1v) is 8.00. The van der Waals surface area contributed by atoms with Crippen LogP contribution in [-0.4, -0.2) is 13.4 Å². The molecular formula is C11H8ClIN2O3S. The molecule has 1 aromatic carbocycles. The summed E-state index contributed by atoms with van der Waals surface area (Å²) in [7, 11) is -3.78. The largest absolute Gasteiger partial charge is 0.326 e. The molecule has 0 unspecified atom stereocenters. The van der Waals surface area contributed by atoms with Gasteiger partial charge in [-0.05, 0) is 40.8 Å². The fourth-order valence-corrected chi connectivity index (χ4v) is 3.36. The van der Waals surface area contributed by atoms with E-state index in [0.717, 1.165) is 15.8 Å². The van der Waals surface area contributed by atoms with E-state index in [1.54, 1.807) is 24.3 Å². The van der Waals surface area contributed by atoms with Crippen molar-refractivity contribution in [3.8, 4) is 0 Å². The monoisotopic (exact) mass is 410 g/mol. The average molecular weight is 411 g/mol. The van der Waals surface area contributed by atoms with E-state index in [2.05, 4.69) is 9.71 Å². The van der Waals surface area contributed by atoms with Crippen molar-refractivity contribution in [1.82, 2.24) is 4.98 Å². The molecule has 0 amide bonds. The summed E-state index contributed by atoms with van der Waals surface area (Å²) < 4.78 is 27.4. The maximum Gasteiger partial charge on any atom is 0.266 e. The first-order chi connectivity index (χ1) is 8.90. The number of nitrogens with one attached hydrogen (secondary N) is 2. The summed E-state index contributed by atoms with van der Waals surface area (Å²) in [6.07, 6.45) is 1.10. The van der Waals surface area contributed by atoms with Crippen LogP contribution in [0.3, 0.4) is 0 Å². The lowest BCUT2D eigenvalue weighted by molar-refractivity contribution is 0.600. The van der Waals surface area contributed by atoms with Gasteiger partial charge in [-0.25, -0.2) is 8.42 Å². The van der Waals surface area contributed by atoms with Gasteiger partial charge < -0.3 is 4.98 Å². The molecule has 5 nitrogen and oxygen atoms in total. The summed E-state index contributed by atoms with van der Waals surface area (Å²) in [6, 6.07) is 8.06. The molecule has 0 aliphatic heterocycles. The van der Waals surface area contributed by atoms with Crippen molar-refractivity contribution >= 4 is 49.9 Å². The normalized spacial score (nSPS) is 11.3. The number of pyridine rings is 1. The molecule has 0 radical (unpaired) electrons. The smallest absolute Gasteiger partial charge is 0.266 e. The van der Waals surface area contributed by atoms with Crippen molar-refractivity contribution in [2.75, 3.05) is 4.72 Å². The highest BCUT2D eigenvalue weighted by atomic mass is 127. The van der Waals surface area contributed by atoms with Crippen LogP contribution in [0.2, 0.25) is 5.02 Å². The van der Waals surface area contributed by atoms with Gasteiger partial charge in [0.25, 0.3) is 15.6 Å². The number of rotatable bonds is 3. The van der Waals surface area contributed by atoms with Gasteiger partial charge in [0, 0.05) is 9.77 Å². The quantitative estimate of drug-likeness (QED) is 0.763. The van der Waals surface area contributed by atoms with E-state index in [1.807, 2.05) is 22.6 Å². The van der Waals surface area contributed by atoms with Crippen LogP contribution in [0.15, 0.2) is 46.2 Å². The molecule has 19 heavy (non-hydrogen) atoms. The van der Waals surface area contributed by atoms with Crippen molar-refractivity contribution in [3.63, 3.8) is 0 Å². The van der Waals surface area contributed by atoms with E-state index in [-0.39, 0.29) is 9.92 Å². The van der Waals surface area contributed by atoms with E-state index < -0.39 is 15.6 Å². The van der Waals surface area contributed by atoms with E-state index >= 15 is 0 Å². The van der Waals surface area contributed by atoms with Crippen LogP contribution < -0.4 is 10.3 Å². The highest BCUT2D eigenvalue weighted by Gasteiger charge is 2.16. The van der Waals surface area contributed by atoms with Gasteiger partial charge >= 0.3 is 0 Å². The number of hydrogen-bond acceptors (Lipinski definition) is 3. The number of aromatic nitrogens is 1. The number of halogens is 2. The Bertz CT molecular complexity index is 774. The molecule has 0 atom stereocenters. The van der Waals surface area contributed by atoms with E-state index in [4.69, 9.17) is 11.6 Å². The molecular weight excluding hydrogens is 403 g/mol. The van der Waals surface area contributed by atoms with Gasteiger partial charge in [-0.2, -0.15) is 0 Å². The Labute approximate surface area is 128 Å². The van der Waals surface area contributed by atoms with Gasteiger partial charge in [-0.15, -0.1) is 0 Å². The van der Waals surface area contributed by atoms with Crippen LogP contribution in [0.1, 0.15) is 0 Å². The first-order valence-electron chi connectivity index (χ1n) is 5.06. The molecule has 1 heterocycles. The van der Waals surface area contributed by atoms with Crippen LogP contribution in [0.5, 0.6) is 0 Å². The van der Waals surface area contributed by atoms with Gasteiger partial charge in [-0.1, -0.05) is 23.7 Å². The topological polar surface area (TPSA) is 79.0 Å². The lowest BCUT2D eigenvalue weighted by Crippen LogP contribution is -2.16.